The number of thiazole rings is 1. The fraction of sp³-hybridized carbons (Fsp3) is 0.407. The highest BCUT2D eigenvalue weighted by molar-refractivity contribution is 7.18. The Labute approximate surface area is 222 Å². The Hall–Kier alpha value is -3.34. The average molecular weight is 524 g/mol. The number of aromatic nitrogens is 1. The zero-order valence-corrected chi connectivity index (χ0v) is 22.5. The maximum Gasteiger partial charge on any atom is 0.206 e. The summed E-state index contributed by atoms with van der Waals surface area (Å²) in [6, 6.07) is 13.2. The van der Waals surface area contributed by atoms with Gasteiger partial charge in [-0.05, 0) is 61.9 Å². The molecule has 1 aliphatic heterocycles. The van der Waals surface area contributed by atoms with Gasteiger partial charge in [0.25, 0.3) is 0 Å². The van der Waals surface area contributed by atoms with Gasteiger partial charge in [0.1, 0.15) is 10.7 Å². The molecule has 0 radical (unpaired) electrons. The summed E-state index contributed by atoms with van der Waals surface area (Å²) in [7, 11) is 2.15. The average Bonchev–Trinajstić information content (AvgIpc) is 3.24. The number of piperazine rings is 1. The number of hydrogen-bond acceptors (Lipinski definition) is 10. The normalized spacial score (nSPS) is 15.1. The summed E-state index contributed by atoms with van der Waals surface area (Å²) in [6.07, 6.45) is 0.808. The maximum atomic E-state index is 13.2. The third kappa shape index (κ3) is 6.71. The van der Waals surface area contributed by atoms with E-state index in [0.29, 0.717) is 32.9 Å². The van der Waals surface area contributed by atoms with Gasteiger partial charge in [-0.2, -0.15) is 0 Å². The van der Waals surface area contributed by atoms with Crippen molar-refractivity contribution in [1.82, 2.24) is 9.88 Å². The van der Waals surface area contributed by atoms with Gasteiger partial charge in [0.2, 0.25) is 5.78 Å². The molecule has 0 amide bonds. The minimum Gasteiger partial charge on any atom is -0.397 e. The number of benzene rings is 2. The number of ketones is 1. The lowest BCUT2D eigenvalue weighted by Crippen LogP contribution is -2.44. The maximum absolute atomic E-state index is 13.2. The molecule has 2 heterocycles. The molecule has 7 N–H and O–H groups in total. The second-order valence-electron chi connectivity index (χ2n) is 9.98. The molecule has 0 spiro atoms. The summed E-state index contributed by atoms with van der Waals surface area (Å²) in [5, 5.41) is 16.7. The van der Waals surface area contributed by atoms with Crippen LogP contribution in [-0.4, -0.2) is 66.6 Å². The quantitative estimate of drug-likeness (QED) is 0.198. The number of carbonyl (C=O) groups excluding carboxylic acids is 1. The summed E-state index contributed by atoms with van der Waals surface area (Å²) >= 11 is 1.22. The molecule has 1 unspecified atom stereocenters. The monoisotopic (exact) mass is 523 g/mol. The second kappa shape index (κ2) is 11.8. The van der Waals surface area contributed by atoms with Crippen LogP contribution in [-0.2, 0) is 0 Å². The van der Waals surface area contributed by atoms with Gasteiger partial charge in [-0.15, -0.1) is 0 Å². The van der Waals surface area contributed by atoms with E-state index in [1.165, 1.54) is 17.0 Å². The van der Waals surface area contributed by atoms with Crippen LogP contribution >= 0.6 is 11.3 Å². The molecule has 1 aliphatic rings. The van der Waals surface area contributed by atoms with Crippen molar-refractivity contribution < 1.29 is 9.90 Å². The van der Waals surface area contributed by atoms with Crippen LogP contribution in [0.15, 0.2) is 42.5 Å². The van der Waals surface area contributed by atoms with E-state index >= 15 is 0 Å². The van der Waals surface area contributed by atoms with E-state index in [1.54, 1.807) is 18.2 Å². The minimum absolute atomic E-state index is 0.00402. The largest absolute Gasteiger partial charge is 0.397 e. The second-order valence-corrected chi connectivity index (χ2v) is 11.0. The van der Waals surface area contributed by atoms with Gasteiger partial charge in [0.05, 0.1) is 18.0 Å². The van der Waals surface area contributed by atoms with E-state index in [2.05, 4.69) is 58.4 Å². The summed E-state index contributed by atoms with van der Waals surface area (Å²) in [6.45, 7) is 8.34. The first-order chi connectivity index (χ1) is 17.7. The van der Waals surface area contributed by atoms with Crippen molar-refractivity contribution in [2.75, 3.05) is 66.8 Å². The van der Waals surface area contributed by atoms with E-state index in [1.807, 2.05) is 12.1 Å². The van der Waals surface area contributed by atoms with Crippen LogP contribution in [0.3, 0.4) is 0 Å². The van der Waals surface area contributed by atoms with Crippen molar-refractivity contribution in [1.29, 1.82) is 0 Å². The highest BCUT2D eigenvalue weighted by Gasteiger charge is 2.20. The fourth-order valence-electron chi connectivity index (χ4n) is 4.43. The van der Waals surface area contributed by atoms with Crippen molar-refractivity contribution in [3.05, 3.63) is 52.9 Å². The van der Waals surface area contributed by atoms with Gasteiger partial charge in [-0.1, -0.05) is 25.2 Å². The predicted molar refractivity (Wildman–Crippen MR) is 154 cm³/mol. The van der Waals surface area contributed by atoms with E-state index in [-0.39, 0.29) is 24.2 Å². The molecule has 2 aromatic carbocycles. The molecule has 10 heteroatoms. The summed E-state index contributed by atoms with van der Waals surface area (Å²) in [5.41, 5.74) is 16.0. The zero-order chi connectivity index (χ0) is 26.5. The summed E-state index contributed by atoms with van der Waals surface area (Å²) < 4.78 is 0. The lowest BCUT2D eigenvalue weighted by atomic mass is 10.0. The van der Waals surface area contributed by atoms with Crippen LogP contribution in [0.5, 0.6) is 0 Å². The molecule has 0 saturated carbocycles. The zero-order valence-electron chi connectivity index (χ0n) is 21.7. The number of anilines is 6. The van der Waals surface area contributed by atoms with Gasteiger partial charge in [0.15, 0.2) is 5.13 Å². The van der Waals surface area contributed by atoms with Crippen molar-refractivity contribution in [3.63, 3.8) is 0 Å². The van der Waals surface area contributed by atoms with Crippen molar-refractivity contribution >= 4 is 50.8 Å². The Morgan fingerprint density at radius 1 is 1.11 bits per heavy atom. The number of nitrogens with one attached hydrogen (secondary N) is 2. The number of hydrogen-bond donors (Lipinski definition) is 5. The van der Waals surface area contributed by atoms with Crippen LogP contribution in [0.4, 0.5) is 33.7 Å². The van der Waals surface area contributed by atoms with E-state index in [4.69, 9.17) is 11.5 Å². The molecule has 0 aliphatic carbocycles. The Bertz CT molecular complexity index is 1200. The molecule has 1 atom stereocenters. The number of nitrogens with two attached hydrogens (primary N) is 2. The molecule has 37 heavy (non-hydrogen) atoms. The van der Waals surface area contributed by atoms with Crippen LogP contribution in [0, 0.1) is 5.92 Å². The number of carbonyl (C=O) groups is 1. The van der Waals surface area contributed by atoms with Crippen LogP contribution in [0.25, 0.3) is 0 Å². The van der Waals surface area contributed by atoms with Gasteiger partial charge in [-0.25, -0.2) is 4.98 Å². The third-order valence-corrected chi connectivity index (χ3v) is 7.48. The molecule has 1 fully saturated rings. The van der Waals surface area contributed by atoms with Gasteiger partial charge in [-0.3, -0.25) is 4.79 Å². The fourth-order valence-corrected chi connectivity index (χ4v) is 5.29. The van der Waals surface area contributed by atoms with Gasteiger partial charge in [0, 0.05) is 49.2 Å². The first-order valence-corrected chi connectivity index (χ1v) is 13.4. The molecule has 4 rings (SSSR count). The topological polar surface area (TPSA) is 133 Å². The first kappa shape index (κ1) is 26.7. The SMILES string of the molecule is CC(C)CC(CO)Nc1ccc(C(=O)c2sc(Nc3ccc(N4CCN(C)CC4)cc3)nc2N)cc1N. The Morgan fingerprint density at radius 3 is 2.43 bits per heavy atom. The smallest absolute Gasteiger partial charge is 0.206 e. The number of rotatable bonds is 10. The van der Waals surface area contributed by atoms with Gasteiger partial charge < -0.3 is 37.0 Å². The minimum atomic E-state index is -0.229. The highest BCUT2D eigenvalue weighted by Crippen LogP contribution is 2.32. The van der Waals surface area contributed by atoms with E-state index in [0.717, 1.165) is 38.3 Å². The third-order valence-electron chi connectivity index (χ3n) is 6.50. The molecular weight excluding hydrogens is 486 g/mol. The molecule has 1 aromatic heterocycles. The lowest BCUT2D eigenvalue weighted by Gasteiger charge is -2.34. The van der Waals surface area contributed by atoms with Crippen molar-refractivity contribution in [2.24, 2.45) is 5.92 Å². The number of aliphatic hydroxyl groups excluding tert-OH is 1. The summed E-state index contributed by atoms with van der Waals surface area (Å²) in [5.74, 6) is 0.385. The summed E-state index contributed by atoms with van der Waals surface area (Å²) in [4.78, 5) is 22.6. The van der Waals surface area contributed by atoms with Crippen molar-refractivity contribution in [3.8, 4) is 0 Å². The van der Waals surface area contributed by atoms with Crippen LogP contribution in [0.1, 0.15) is 35.5 Å². The number of aliphatic hydroxyl groups is 1. The van der Waals surface area contributed by atoms with E-state index in [9.17, 15) is 9.90 Å². The van der Waals surface area contributed by atoms with Crippen LogP contribution < -0.4 is 27.0 Å². The molecule has 9 nitrogen and oxygen atoms in total. The molecule has 1 saturated heterocycles. The first-order valence-electron chi connectivity index (χ1n) is 12.6. The number of likely N-dealkylation sites (N-methyl/N-ethyl adjacent to an activating group) is 1. The Morgan fingerprint density at radius 2 is 1.81 bits per heavy atom. The van der Waals surface area contributed by atoms with Crippen molar-refractivity contribution in [2.45, 2.75) is 26.3 Å². The number of nitrogens with zero attached hydrogens (tertiary/aromatic N) is 3. The lowest BCUT2D eigenvalue weighted by molar-refractivity contribution is 0.104. The van der Waals surface area contributed by atoms with Crippen LogP contribution in [0.2, 0.25) is 0 Å². The van der Waals surface area contributed by atoms with Gasteiger partial charge >= 0.3 is 0 Å². The molecular formula is C27H37N7O2S. The number of nitrogen functional groups attached to an aromatic ring is 2. The molecule has 3 aromatic rings. The Balaban J connectivity index is 1.42. The van der Waals surface area contributed by atoms with E-state index < -0.39 is 0 Å². The highest BCUT2D eigenvalue weighted by atomic mass is 32.1. The predicted octanol–water partition coefficient (Wildman–Crippen LogP) is 3.85. The molecule has 0 bridgehead atoms. The molecule has 198 valence electrons. The Kier molecular flexibility index (Phi) is 8.52. The standard InChI is InChI=1S/C27H37N7O2S/c1-17(2)14-20(16-35)30-23-9-4-18(15-22(23)28)24(36)25-26(29)32-27(37-25)31-19-5-7-21(8-6-19)34-12-10-33(3)11-13-34/h4-9,15,17,20,30,35H,10-14,16,28-29H2,1-3H3,(H,31,32).